The van der Waals surface area contributed by atoms with Crippen molar-refractivity contribution in [3.05, 3.63) is 41.4 Å². The van der Waals surface area contributed by atoms with E-state index in [2.05, 4.69) is 24.1 Å². The van der Waals surface area contributed by atoms with Gasteiger partial charge in [-0.2, -0.15) is 0 Å². The topological polar surface area (TPSA) is 81.1 Å². The molecule has 25 heavy (non-hydrogen) atoms. The van der Waals surface area contributed by atoms with Crippen molar-refractivity contribution < 1.29 is 9.21 Å². The molecule has 2 aromatic rings. The van der Waals surface area contributed by atoms with Crippen LogP contribution in [0.4, 0.5) is 0 Å². The summed E-state index contributed by atoms with van der Waals surface area (Å²) in [4.78, 5) is 16.5. The largest absolute Gasteiger partial charge is 0.441 e. The number of hydrogen-bond donors (Lipinski definition) is 2. The molecule has 3 N–H and O–H groups in total. The van der Waals surface area contributed by atoms with Gasteiger partial charge in [-0.25, -0.2) is 4.98 Å². The third kappa shape index (κ3) is 5.87. The lowest BCUT2D eigenvalue weighted by Crippen LogP contribution is -2.52. The minimum Gasteiger partial charge on any atom is -0.441 e. The Labute approximate surface area is 154 Å². The maximum atomic E-state index is 12.2. The van der Waals surface area contributed by atoms with Gasteiger partial charge in [0.25, 0.3) is 0 Å². The average molecular weight is 364 g/mol. The number of amides is 1. The van der Waals surface area contributed by atoms with Crippen LogP contribution < -0.4 is 11.1 Å². The number of carbonyl (C=O) groups is 1. The zero-order chi connectivity index (χ0) is 18.4. The molecule has 1 heterocycles. The fourth-order valence-electron chi connectivity index (χ4n) is 2.88. The Hall–Kier alpha value is -1.85. The predicted molar refractivity (Wildman–Crippen MR) is 100 cm³/mol. The Kier molecular flexibility index (Phi) is 6.62. The molecule has 0 aliphatic rings. The van der Waals surface area contributed by atoms with Gasteiger partial charge >= 0.3 is 0 Å². The first kappa shape index (κ1) is 19.5. The molecule has 1 aromatic carbocycles. The van der Waals surface area contributed by atoms with Gasteiger partial charge in [-0.3, -0.25) is 4.79 Å². The van der Waals surface area contributed by atoms with Crippen LogP contribution in [0.1, 0.15) is 39.5 Å². The number of carbonyl (C=O) groups excluding carboxylic acids is 1. The molecule has 136 valence electrons. The zero-order valence-electron chi connectivity index (χ0n) is 15.0. The normalized spacial score (nSPS) is 13.7. The number of hydrogen-bond acceptors (Lipinski definition) is 4. The lowest BCUT2D eigenvalue weighted by molar-refractivity contribution is -0.123. The molecule has 0 aliphatic carbocycles. The molecular weight excluding hydrogens is 338 g/mol. The minimum atomic E-state index is -0.379. The molecule has 2 rings (SSSR count). The van der Waals surface area contributed by atoms with Crippen molar-refractivity contribution in [2.24, 2.45) is 11.7 Å². The van der Waals surface area contributed by atoms with E-state index in [0.717, 1.165) is 12.0 Å². The molecule has 0 radical (unpaired) electrons. The van der Waals surface area contributed by atoms with Gasteiger partial charge in [0, 0.05) is 35.5 Å². The fourth-order valence-corrected chi connectivity index (χ4v) is 3.01. The smallest absolute Gasteiger partial charge is 0.220 e. The van der Waals surface area contributed by atoms with E-state index in [0.29, 0.717) is 42.0 Å². The molecular formula is C19H26ClN3O2. The second kappa shape index (κ2) is 8.50. The SMILES string of the molecule is CC(C)CC(C)(CN)NC(=O)CCc1ncc(-c2ccc(Cl)cc2)o1. The number of aryl methyl sites for hydroxylation is 1. The minimum absolute atomic E-state index is 0.0418. The monoisotopic (exact) mass is 363 g/mol. The average Bonchev–Trinajstić information content (AvgIpc) is 3.02. The Morgan fingerprint density at radius 2 is 2.04 bits per heavy atom. The maximum absolute atomic E-state index is 12.2. The van der Waals surface area contributed by atoms with Crippen molar-refractivity contribution >= 4 is 17.5 Å². The molecule has 0 bridgehead atoms. The van der Waals surface area contributed by atoms with Crippen LogP contribution in [0.5, 0.6) is 0 Å². The van der Waals surface area contributed by atoms with Crippen molar-refractivity contribution in [1.29, 1.82) is 0 Å². The number of halogens is 1. The van der Waals surface area contributed by atoms with Gasteiger partial charge in [-0.05, 0) is 43.5 Å². The molecule has 1 atom stereocenters. The second-order valence-electron chi connectivity index (χ2n) is 7.04. The first-order valence-corrected chi connectivity index (χ1v) is 8.91. The van der Waals surface area contributed by atoms with Gasteiger partial charge in [0.15, 0.2) is 11.7 Å². The number of nitrogens with one attached hydrogen (secondary N) is 1. The molecule has 0 spiro atoms. The Bertz CT molecular complexity index is 697. The molecule has 1 aromatic heterocycles. The summed E-state index contributed by atoms with van der Waals surface area (Å²) in [6.07, 6.45) is 3.27. The highest BCUT2D eigenvalue weighted by atomic mass is 35.5. The van der Waals surface area contributed by atoms with Gasteiger partial charge in [-0.15, -0.1) is 0 Å². The van der Waals surface area contributed by atoms with Gasteiger partial charge < -0.3 is 15.5 Å². The van der Waals surface area contributed by atoms with E-state index in [1.54, 1.807) is 18.3 Å². The van der Waals surface area contributed by atoms with Crippen molar-refractivity contribution in [2.45, 2.75) is 45.6 Å². The summed E-state index contributed by atoms with van der Waals surface area (Å²) in [5, 5.41) is 3.71. The van der Waals surface area contributed by atoms with E-state index in [1.165, 1.54) is 0 Å². The van der Waals surface area contributed by atoms with Gasteiger partial charge in [-0.1, -0.05) is 25.4 Å². The highest BCUT2D eigenvalue weighted by Crippen LogP contribution is 2.23. The van der Waals surface area contributed by atoms with Crippen molar-refractivity contribution in [3.63, 3.8) is 0 Å². The van der Waals surface area contributed by atoms with Crippen LogP contribution in [0, 0.1) is 5.92 Å². The van der Waals surface area contributed by atoms with Gasteiger partial charge in [0.2, 0.25) is 5.91 Å². The molecule has 0 aliphatic heterocycles. The number of rotatable bonds is 8. The van der Waals surface area contributed by atoms with Crippen molar-refractivity contribution in [1.82, 2.24) is 10.3 Å². The highest BCUT2D eigenvalue weighted by molar-refractivity contribution is 6.30. The summed E-state index contributed by atoms with van der Waals surface area (Å²) in [7, 11) is 0. The van der Waals surface area contributed by atoms with Gasteiger partial charge in [0.05, 0.1) is 6.20 Å². The first-order chi connectivity index (χ1) is 11.8. The van der Waals surface area contributed by atoms with Crippen LogP contribution in [-0.2, 0) is 11.2 Å². The molecule has 0 fully saturated rings. The predicted octanol–water partition coefficient (Wildman–Crippen LogP) is 3.81. The molecule has 0 saturated heterocycles. The third-order valence-corrected chi connectivity index (χ3v) is 4.25. The number of oxazole rings is 1. The summed E-state index contributed by atoms with van der Waals surface area (Å²) < 4.78 is 5.72. The molecule has 0 saturated carbocycles. The number of nitrogens with zero attached hydrogens (tertiary/aromatic N) is 1. The second-order valence-corrected chi connectivity index (χ2v) is 7.47. The van der Waals surface area contributed by atoms with Gasteiger partial charge in [0.1, 0.15) is 0 Å². The van der Waals surface area contributed by atoms with Crippen molar-refractivity contribution in [3.8, 4) is 11.3 Å². The fraction of sp³-hybridized carbons (Fsp3) is 0.474. The van der Waals surface area contributed by atoms with E-state index in [4.69, 9.17) is 21.8 Å². The summed E-state index contributed by atoms with van der Waals surface area (Å²) in [6, 6.07) is 7.35. The summed E-state index contributed by atoms with van der Waals surface area (Å²) in [5.41, 5.74) is 6.36. The van der Waals surface area contributed by atoms with E-state index in [-0.39, 0.29) is 11.4 Å². The lowest BCUT2D eigenvalue weighted by Gasteiger charge is -2.31. The van der Waals surface area contributed by atoms with Crippen LogP contribution in [0.25, 0.3) is 11.3 Å². The number of nitrogens with two attached hydrogens (primary N) is 1. The third-order valence-electron chi connectivity index (χ3n) is 4.00. The van der Waals surface area contributed by atoms with E-state index in [9.17, 15) is 4.79 Å². The molecule has 1 unspecified atom stereocenters. The number of benzene rings is 1. The van der Waals surface area contributed by atoms with Crippen LogP contribution in [0.3, 0.4) is 0 Å². The Morgan fingerprint density at radius 3 is 2.64 bits per heavy atom. The summed E-state index contributed by atoms with van der Waals surface area (Å²) >= 11 is 5.89. The van der Waals surface area contributed by atoms with Crippen molar-refractivity contribution in [2.75, 3.05) is 6.54 Å². The highest BCUT2D eigenvalue weighted by Gasteiger charge is 2.25. The van der Waals surface area contributed by atoms with E-state index >= 15 is 0 Å². The standard InChI is InChI=1S/C19H26ClN3O2/c1-13(2)10-19(3,12-21)23-17(24)8-9-18-22-11-16(25-18)14-4-6-15(20)7-5-14/h4-7,11,13H,8-10,12,21H2,1-3H3,(H,23,24). The van der Waals surface area contributed by atoms with E-state index < -0.39 is 0 Å². The Balaban J connectivity index is 1.91. The maximum Gasteiger partial charge on any atom is 0.220 e. The first-order valence-electron chi connectivity index (χ1n) is 8.53. The quantitative estimate of drug-likeness (QED) is 0.747. The van der Waals surface area contributed by atoms with Crippen LogP contribution >= 0.6 is 11.6 Å². The van der Waals surface area contributed by atoms with Crippen LogP contribution in [-0.4, -0.2) is 23.0 Å². The van der Waals surface area contributed by atoms with Crippen LogP contribution in [0.15, 0.2) is 34.9 Å². The summed E-state index contributed by atoms with van der Waals surface area (Å²) in [6.45, 7) is 6.63. The zero-order valence-corrected chi connectivity index (χ0v) is 15.8. The molecule has 6 heteroatoms. The molecule has 1 amide bonds. The summed E-state index contributed by atoms with van der Waals surface area (Å²) in [5.74, 6) is 1.62. The van der Waals surface area contributed by atoms with E-state index in [1.807, 2.05) is 19.1 Å². The number of aromatic nitrogens is 1. The van der Waals surface area contributed by atoms with Crippen LogP contribution in [0.2, 0.25) is 5.02 Å². The molecule has 5 nitrogen and oxygen atoms in total. The Morgan fingerprint density at radius 1 is 1.36 bits per heavy atom. The lowest BCUT2D eigenvalue weighted by atomic mass is 9.90.